The van der Waals surface area contributed by atoms with Crippen LogP contribution in [0.3, 0.4) is 0 Å². The third-order valence-electron chi connectivity index (χ3n) is 5.05. The van der Waals surface area contributed by atoms with Crippen LogP contribution in [0, 0.1) is 9.39 Å². The number of hydrogen-bond acceptors (Lipinski definition) is 2. The van der Waals surface area contributed by atoms with Crippen LogP contribution in [0.4, 0.5) is 4.39 Å². The first kappa shape index (κ1) is 21.6. The second-order valence-corrected chi connectivity index (χ2v) is 9.19. The summed E-state index contributed by atoms with van der Waals surface area (Å²) >= 11 is 14.1. The van der Waals surface area contributed by atoms with E-state index in [2.05, 4.69) is 27.9 Å². The Labute approximate surface area is 197 Å². The van der Waals surface area contributed by atoms with Crippen molar-refractivity contribution in [2.24, 2.45) is 0 Å². The van der Waals surface area contributed by atoms with Crippen LogP contribution in [0.1, 0.15) is 28.8 Å². The monoisotopic (exact) mass is 555 g/mol. The van der Waals surface area contributed by atoms with Crippen molar-refractivity contribution in [3.63, 3.8) is 0 Å². The quantitative estimate of drug-likeness (QED) is 0.385. The highest BCUT2D eigenvalue weighted by Gasteiger charge is 2.38. The standard InChI is InChI=1S/C23H17Cl2FINO2/c24-16-6-1-13(2-7-16)21-22(14-3-8-17(25)9-4-14)30-20(23(29)28-21)11-15-5-10-18(27)12-19(15)26/h1-10,12,20-22H,11H2,(H,28,29)/t20?,21-,22+/m0/s1. The van der Waals surface area contributed by atoms with Crippen molar-refractivity contribution in [1.29, 1.82) is 0 Å². The van der Waals surface area contributed by atoms with Gasteiger partial charge < -0.3 is 10.1 Å². The molecule has 30 heavy (non-hydrogen) atoms. The van der Waals surface area contributed by atoms with Crippen molar-refractivity contribution >= 4 is 51.7 Å². The lowest BCUT2D eigenvalue weighted by molar-refractivity contribution is -0.150. The molecule has 1 amide bonds. The van der Waals surface area contributed by atoms with E-state index in [1.54, 1.807) is 30.3 Å². The normalized spacial score (nSPS) is 21.3. The van der Waals surface area contributed by atoms with Crippen LogP contribution in [-0.2, 0) is 16.0 Å². The van der Waals surface area contributed by atoms with Gasteiger partial charge in [-0.3, -0.25) is 4.79 Å². The first-order valence-corrected chi connectivity index (χ1v) is 11.1. The number of amides is 1. The Bertz CT molecular complexity index is 1060. The van der Waals surface area contributed by atoms with Gasteiger partial charge >= 0.3 is 0 Å². The molecule has 1 saturated heterocycles. The summed E-state index contributed by atoms with van der Waals surface area (Å²) < 4.78 is 21.4. The molecule has 0 aliphatic carbocycles. The Balaban J connectivity index is 1.66. The number of rotatable bonds is 4. The van der Waals surface area contributed by atoms with Crippen LogP contribution in [-0.4, -0.2) is 12.0 Å². The zero-order valence-corrected chi connectivity index (χ0v) is 19.3. The summed E-state index contributed by atoms with van der Waals surface area (Å²) in [7, 11) is 0. The van der Waals surface area contributed by atoms with Crippen molar-refractivity contribution in [3.8, 4) is 0 Å². The number of morpholine rings is 1. The molecule has 154 valence electrons. The summed E-state index contributed by atoms with van der Waals surface area (Å²) in [5.74, 6) is -0.626. The lowest BCUT2D eigenvalue weighted by Gasteiger charge is -2.37. The largest absolute Gasteiger partial charge is 0.358 e. The first-order valence-electron chi connectivity index (χ1n) is 9.31. The molecule has 0 saturated carbocycles. The molecule has 3 aromatic rings. The van der Waals surface area contributed by atoms with E-state index in [0.29, 0.717) is 15.6 Å². The molecule has 0 spiro atoms. The fourth-order valence-corrected chi connectivity index (χ4v) is 4.22. The molecule has 3 atom stereocenters. The summed E-state index contributed by atoms with van der Waals surface area (Å²) in [5, 5.41) is 4.27. The molecule has 0 aromatic heterocycles. The molecule has 1 N–H and O–H groups in total. The molecule has 3 aromatic carbocycles. The van der Waals surface area contributed by atoms with Crippen molar-refractivity contribution in [2.75, 3.05) is 0 Å². The molecule has 7 heteroatoms. The van der Waals surface area contributed by atoms with Gasteiger partial charge in [0.25, 0.3) is 0 Å². The van der Waals surface area contributed by atoms with Gasteiger partial charge in [-0.25, -0.2) is 4.39 Å². The SMILES string of the molecule is O=C1N[C@@H](c2ccc(Cl)cc2)[C@@H](c2ccc(Cl)cc2)OC1Cc1ccc(I)cc1F. The first-order chi connectivity index (χ1) is 14.4. The zero-order valence-electron chi connectivity index (χ0n) is 15.6. The number of ether oxygens (including phenoxy) is 1. The lowest BCUT2D eigenvalue weighted by Crippen LogP contribution is -2.48. The minimum absolute atomic E-state index is 0.145. The van der Waals surface area contributed by atoms with E-state index < -0.39 is 18.2 Å². The van der Waals surface area contributed by atoms with E-state index in [4.69, 9.17) is 27.9 Å². The summed E-state index contributed by atoms with van der Waals surface area (Å²) in [6.45, 7) is 0. The Hall–Kier alpha value is -1.67. The van der Waals surface area contributed by atoms with E-state index in [1.165, 1.54) is 6.07 Å². The molecular weight excluding hydrogens is 539 g/mol. The van der Waals surface area contributed by atoms with Gasteiger partial charge in [-0.1, -0.05) is 53.5 Å². The van der Waals surface area contributed by atoms with E-state index >= 15 is 0 Å². The van der Waals surface area contributed by atoms with Gasteiger partial charge in [-0.05, 0) is 75.7 Å². The highest BCUT2D eigenvalue weighted by atomic mass is 127. The number of nitrogens with one attached hydrogen (secondary N) is 1. The minimum atomic E-state index is -0.816. The fraction of sp³-hybridized carbons (Fsp3) is 0.174. The van der Waals surface area contributed by atoms with Crippen molar-refractivity contribution in [1.82, 2.24) is 5.32 Å². The zero-order chi connectivity index (χ0) is 21.3. The van der Waals surface area contributed by atoms with Gasteiger partial charge in [0.15, 0.2) is 0 Å². The number of hydrogen-bond donors (Lipinski definition) is 1. The molecule has 0 bridgehead atoms. The fourth-order valence-electron chi connectivity index (χ4n) is 3.52. The molecule has 1 unspecified atom stereocenters. The van der Waals surface area contributed by atoms with Crippen LogP contribution in [0.5, 0.6) is 0 Å². The lowest BCUT2D eigenvalue weighted by atomic mass is 9.92. The van der Waals surface area contributed by atoms with Gasteiger partial charge in [-0.2, -0.15) is 0 Å². The number of halogens is 4. The van der Waals surface area contributed by atoms with Gasteiger partial charge in [0.1, 0.15) is 18.0 Å². The van der Waals surface area contributed by atoms with Crippen LogP contribution < -0.4 is 5.32 Å². The Kier molecular flexibility index (Phi) is 6.63. The third kappa shape index (κ3) is 4.80. The highest BCUT2D eigenvalue weighted by Crippen LogP contribution is 2.38. The Morgan fingerprint density at radius 1 is 0.933 bits per heavy atom. The van der Waals surface area contributed by atoms with E-state index in [9.17, 15) is 9.18 Å². The molecule has 3 nitrogen and oxygen atoms in total. The molecule has 1 heterocycles. The van der Waals surface area contributed by atoms with Crippen LogP contribution in [0.25, 0.3) is 0 Å². The maximum Gasteiger partial charge on any atom is 0.250 e. The second kappa shape index (κ2) is 9.22. The topological polar surface area (TPSA) is 38.3 Å². The van der Waals surface area contributed by atoms with E-state index in [1.807, 2.05) is 30.3 Å². The van der Waals surface area contributed by atoms with Gasteiger partial charge in [0.2, 0.25) is 5.91 Å². The molecule has 1 fully saturated rings. The van der Waals surface area contributed by atoms with Crippen LogP contribution in [0.2, 0.25) is 10.0 Å². The van der Waals surface area contributed by atoms with Crippen molar-refractivity contribution in [2.45, 2.75) is 24.7 Å². The van der Waals surface area contributed by atoms with Crippen LogP contribution >= 0.6 is 45.8 Å². The van der Waals surface area contributed by atoms with E-state index in [-0.39, 0.29) is 18.1 Å². The third-order valence-corrected chi connectivity index (χ3v) is 6.23. The molecule has 1 aliphatic heterocycles. The summed E-state index contributed by atoms with van der Waals surface area (Å²) in [6, 6.07) is 19.1. The van der Waals surface area contributed by atoms with Gasteiger partial charge in [0, 0.05) is 20.0 Å². The van der Waals surface area contributed by atoms with Crippen LogP contribution in [0.15, 0.2) is 66.7 Å². The number of carbonyl (C=O) groups is 1. The Morgan fingerprint density at radius 3 is 2.13 bits per heavy atom. The average molecular weight is 556 g/mol. The van der Waals surface area contributed by atoms with Gasteiger partial charge in [0.05, 0.1) is 6.04 Å². The second-order valence-electron chi connectivity index (χ2n) is 7.07. The van der Waals surface area contributed by atoms with Crippen molar-refractivity contribution in [3.05, 3.63) is 103 Å². The van der Waals surface area contributed by atoms with E-state index in [0.717, 1.165) is 14.7 Å². The highest BCUT2D eigenvalue weighted by molar-refractivity contribution is 14.1. The predicted octanol–water partition coefficient (Wildman–Crippen LogP) is 6.28. The van der Waals surface area contributed by atoms with Crippen molar-refractivity contribution < 1.29 is 13.9 Å². The number of benzene rings is 3. The molecular formula is C23H17Cl2FINO2. The van der Waals surface area contributed by atoms with Gasteiger partial charge in [-0.15, -0.1) is 0 Å². The summed E-state index contributed by atoms with van der Waals surface area (Å²) in [6.07, 6.45) is -1.13. The Morgan fingerprint density at radius 2 is 1.53 bits per heavy atom. The summed E-state index contributed by atoms with van der Waals surface area (Å²) in [5.41, 5.74) is 2.18. The average Bonchev–Trinajstić information content (AvgIpc) is 2.72. The predicted molar refractivity (Wildman–Crippen MR) is 124 cm³/mol. The molecule has 0 radical (unpaired) electrons. The summed E-state index contributed by atoms with van der Waals surface area (Å²) in [4.78, 5) is 12.9. The number of carbonyl (C=O) groups excluding carboxylic acids is 1. The maximum absolute atomic E-state index is 14.4. The maximum atomic E-state index is 14.4. The molecule has 4 rings (SSSR count). The minimum Gasteiger partial charge on any atom is -0.358 e. The molecule has 1 aliphatic rings. The smallest absolute Gasteiger partial charge is 0.250 e.